The maximum Gasteiger partial charge on any atom is 0.404 e. The Morgan fingerprint density at radius 3 is 2.21 bits per heavy atom. The molecule has 4 amide bonds. The molecule has 4 aromatic rings. The highest BCUT2D eigenvalue weighted by Crippen LogP contribution is 2.30. The molecule has 6 N–H and O–H groups in total. The normalized spacial score (nSPS) is 20.1. The van der Waals surface area contributed by atoms with Gasteiger partial charge in [0.15, 0.2) is 0 Å². The van der Waals surface area contributed by atoms with Crippen LogP contribution >= 0.6 is 0 Å². The average Bonchev–Trinajstić information content (AvgIpc) is 3.76. The predicted octanol–water partition coefficient (Wildman–Crippen LogP) is 5.57. The van der Waals surface area contributed by atoms with Crippen LogP contribution in [0.2, 0.25) is 0 Å². The molecule has 3 aromatic carbocycles. The number of nitrogens with one attached hydrogen (secondary N) is 5. The maximum absolute atomic E-state index is 13.8. The largest absolute Gasteiger partial charge is 0.465 e. The molecule has 0 aliphatic heterocycles. The number of aromatic nitrogens is 4. The number of carbonyl (C=O) groups excluding carboxylic acids is 3. The van der Waals surface area contributed by atoms with Crippen LogP contribution in [0.4, 0.5) is 10.5 Å². The number of amides is 4. The van der Waals surface area contributed by atoms with Crippen LogP contribution in [0.3, 0.4) is 0 Å². The van der Waals surface area contributed by atoms with Gasteiger partial charge in [0.2, 0.25) is 17.6 Å². The zero-order chi connectivity index (χ0) is 39.6. The second kappa shape index (κ2) is 18.8. The number of rotatable bonds is 14. The van der Waals surface area contributed by atoms with Crippen molar-refractivity contribution in [1.29, 1.82) is 0 Å². The van der Waals surface area contributed by atoms with Gasteiger partial charge in [-0.2, -0.15) is 5.21 Å². The summed E-state index contributed by atoms with van der Waals surface area (Å²) in [6.45, 7) is 5.59. The Hall–Kier alpha value is -5.63. The minimum atomic E-state index is -1.05. The minimum absolute atomic E-state index is 0.0418. The number of anilines is 1. The summed E-state index contributed by atoms with van der Waals surface area (Å²) in [5.74, 6) is -0.220. The molecule has 0 radical (unpaired) electrons. The number of H-pyrrole nitrogens is 1. The number of carboxylic acid groups (broad SMARTS) is 1. The van der Waals surface area contributed by atoms with Crippen molar-refractivity contribution in [2.45, 2.75) is 89.8 Å². The molecule has 2 saturated carbocycles. The Morgan fingerprint density at radius 2 is 1.59 bits per heavy atom. The molecular weight excluding hydrogens is 711 g/mol. The zero-order valence-electron chi connectivity index (χ0n) is 32.4. The van der Waals surface area contributed by atoms with Crippen LogP contribution in [0.25, 0.3) is 22.5 Å². The molecule has 0 unspecified atom stereocenters. The Labute approximate surface area is 327 Å². The van der Waals surface area contributed by atoms with E-state index in [2.05, 4.69) is 60.8 Å². The van der Waals surface area contributed by atoms with E-state index in [4.69, 9.17) is 5.11 Å². The number of aromatic amines is 1. The van der Waals surface area contributed by atoms with Crippen molar-refractivity contribution < 1.29 is 24.3 Å². The third-order valence-electron chi connectivity index (χ3n) is 11.5. The first kappa shape index (κ1) is 40.0. The second-order valence-electron chi connectivity index (χ2n) is 15.2. The van der Waals surface area contributed by atoms with Crippen molar-refractivity contribution in [3.8, 4) is 22.5 Å². The van der Waals surface area contributed by atoms with Gasteiger partial charge in [-0.05, 0) is 142 Å². The van der Waals surface area contributed by atoms with Crippen LogP contribution in [0.5, 0.6) is 0 Å². The molecule has 2 aliphatic carbocycles. The van der Waals surface area contributed by atoms with Crippen LogP contribution in [-0.2, 0) is 16.0 Å². The highest BCUT2D eigenvalue weighted by molar-refractivity contribution is 5.98. The highest BCUT2D eigenvalue weighted by atomic mass is 16.4. The Bertz CT molecular complexity index is 1940. The lowest BCUT2D eigenvalue weighted by Gasteiger charge is -2.34. The first-order valence-electron chi connectivity index (χ1n) is 19.7. The summed E-state index contributed by atoms with van der Waals surface area (Å²) in [7, 11) is 2.17. The van der Waals surface area contributed by atoms with Crippen LogP contribution in [0.15, 0.2) is 66.7 Å². The van der Waals surface area contributed by atoms with Crippen molar-refractivity contribution in [3.05, 3.63) is 83.4 Å². The molecule has 14 heteroatoms. The van der Waals surface area contributed by atoms with E-state index in [0.717, 1.165) is 72.9 Å². The number of hydrogen-bond acceptors (Lipinski definition) is 8. The molecule has 1 atom stereocenters. The summed E-state index contributed by atoms with van der Waals surface area (Å²) in [4.78, 5) is 53.9. The second-order valence-corrected chi connectivity index (χ2v) is 15.2. The topological polar surface area (TPSA) is 194 Å². The van der Waals surface area contributed by atoms with Gasteiger partial charge in [-0.15, -0.1) is 10.2 Å². The van der Waals surface area contributed by atoms with Crippen molar-refractivity contribution in [2.75, 3.05) is 25.5 Å². The summed E-state index contributed by atoms with van der Waals surface area (Å²) in [6.07, 6.45) is 6.08. The van der Waals surface area contributed by atoms with Gasteiger partial charge in [0.1, 0.15) is 6.04 Å². The predicted molar refractivity (Wildman–Crippen MR) is 214 cm³/mol. The number of benzene rings is 3. The fourth-order valence-corrected chi connectivity index (χ4v) is 7.95. The molecule has 0 spiro atoms. The molecule has 2 aliphatic rings. The van der Waals surface area contributed by atoms with Gasteiger partial charge >= 0.3 is 6.09 Å². The van der Waals surface area contributed by atoms with Gasteiger partial charge in [-0.1, -0.05) is 37.3 Å². The number of hydrogen-bond donors (Lipinski definition) is 6. The third-order valence-corrected chi connectivity index (χ3v) is 11.5. The lowest BCUT2D eigenvalue weighted by Crippen LogP contribution is -2.48. The number of tetrazole rings is 1. The number of carbonyl (C=O) groups is 4. The molecule has 2 fully saturated rings. The lowest BCUT2D eigenvalue weighted by molar-refractivity contribution is -0.130. The number of nitrogens with zero attached hydrogens (tertiary/aromatic N) is 4. The Balaban J connectivity index is 1.10. The maximum atomic E-state index is 13.8. The summed E-state index contributed by atoms with van der Waals surface area (Å²) < 4.78 is 0. The van der Waals surface area contributed by atoms with Crippen molar-refractivity contribution in [2.24, 2.45) is 11.8 Å². The molecule has 14 nitrogen and oxygen atoms in total. The van der Waals surface area contributed by atoms with E-state index in [1.807, 2.05) is 49.4 Å². The third kappa shape index (κ3) is 10.6. The van der Waals surface area contributed by atoms with E-state index < -0.39 is 12.1 Å². The van der Waals surface area contributed by atoms with E-state index in [0.29, 0.717) is 42.5 Å². The molecule has 0 bridgehead atoms. The Morgan fingerprint density at radius 1 is 0.893 bits per heavy atom. The van der Waals surface area contributed by atoms with Crippen molar-refractivity contribution in [1.82, 2.24) is 41.5 Å². The van der Waals surface area contributed by atoms with Crippen LogP contribution in [0, 0.1) is 18.8 Å². The van der Waals surface area contributed by atoms with E-state index >= 15 is 0 Å². The van der Waals surface area contributed by atoms with Gasteiger partial charge in [0.05, 0.1) is 0 Å². The molecule has 296 valence electrons. The van der Waals surface area contributed by atoms with E-state index in [1.165, 1.54) is 0 Å². The molecule has 1 heterocycles. The van der Waals surface area contributed by atoms with E-state index in [1.54, 1.807) is 24.3 Å². The monoisotopic (exact) mass is 763 g/mol. The quantitative estimate of drug-likeness (QED) is 0.0952. The highest BCUT2D eigenvalue weighted by Gasteiger charge is 2.30. The summed E-state index contributed by atoms with van der Waals surface area (Å²) >= 11 is 0. The van der Waals surface area contributed by atoms with Crippen molar-refractivity contribution >= 4 is 29.5 Å². The Kier molecular flexibility index (Phi) is 13.4. The van der Waals surface area contributed by atoms with Gasteiger partial charge in [0, 0.05) is 47.8 Å². The minimum Gasteiger partial charge on any atom is -0.465 e. The molecular formula is C42H53N9O5. The molecule has 56 heavy (non-hydrogen) atoms. The van der Waals surface area contributed by atoms with Gasteiger partial charge in [0.25, 0.3) is 5.91 Å². The van der Waals surface area contributed by atoms with Crippen molar-refractivity contribution in [3.63, 3.8) is 0 Å². The summed E-state index contributed by atoms with van der Waals surface area (Å²) in [5.41, 5.74) is 5.80. The zero-order valence-corrected chi connectivity index (χ0v) is 32.4. The fraction of sp³-hybridized carbons (Fsp3) is 0.452. The van der Waals surface area contributed by atoms with Gasteiger partial charge in [-0.3, -0.25) is 14.4 Å². The molecule has 1 aromatic heterocycles. The molecule has 6 rings (SSSR count). The summed E-state index contributed by atoms with van der Waals surface area (Å²) in [6, 6.07) is 20.7. The lowest BCUT2D eigenvalue weighted by atomic mass is 9.81. The van der Waals surface area contributed by atoms with E-state index in [-0.39, 0.29) is 42.0 Å². The van der Waals surface area contributed by atoms with E-state index in [9.17, 15) is 19.2 Å². The van der Waals surface area contributed by atoms with Gasteiger partial charge < -0.3 is 31.3 Å². The SMILES string of the molecule is CCN(C)C1CCC(NC(=O)c2ccc(-c3ccc(C[C@H](NC(=O)C4CCC(CNC(=O)O)CC4)C(=O)Nc4ccc(-c5nn[nH]n5)cc4)cc3)c(C)c2)CC1. The fourth-order valence-electron chi connectivity index (χ4n) is 7.95. The first-order valence-corrected chi connectivity index (χ1v) is 19.7. The number of aryl methyl sites for hydroxylation is 1. The average molecular weight is 764 g/mol. The summed E-state index contributed by atoms with van der Waals surface area (Å²) in [5, 5.41) is 34.7. The smallest absolute Gasteiger partial charge is 0.404 e. The van der Waals surface area contributed by atoms with Gasteiger partial charge in [-0.25, -0.2) is 4.79 Å². The first-order chi connectivity index (χ1) is 27.1. The standard InChI is InChI=1S/C42H53N9O5/c1-4-51(3)35-20-18-34(19-21-35)44-40(53)32-15-22-36(26(2)23-32)29-9-5-27(6-10-29)24-37(46-39(52)31-11-7-28(8-12-31)25-43-42(55)56)41(54)45-33-16-13-30(14-17-33)38-47-49-50-48-38/h5-6,9-10,13-17,22-23,28,31,34-35,37,43H,4,7-8,11-12,18-21,24-25H2,1-3H3,(H,44,53)(H,45,54)(H,46,52)(H,55,56)(H,47,48,49,50)/t28?,31?,34?,35?,37-/m0/s1. The van der Waals surface area contributed by atoms with Crippen LogP contribution in [-0.4, -0.2) is 92.7 Å². The van der Waals surface area contributed by atoms with Crippen LogP contribution < -0.4 is 21.3 Å². The van der Waals surface area contributed by atoms with Crippen LogP contribution in [0.1, 0.15) is 79.8 Å². The molecule has 0 saturated heterocycles.